The fourth-order valence-corrected chi connectivity index (χ4v) is 2.71. The highest BCUT2D eigenvalue weighted by Crippen LogP contribution is 2.27. The summed E-state index contributed by atoms with van der Waals surface area (Å²) in [5.41, 5.74) is 1.35. The Bertz CT molecular complexity index is 826. The van der Waals surface area contributed by atoms with Gasteiger partial charge in [0.25, 0.3) is 0 Å². The first-order valence-electron chi connectivity index (χ1n) is 8.91. The SMILES string of the molecule is COc1ccc(CCN(CC(=O)NCc2ccccc2F)C(C)=O)cc1OC. The van der Waals surface area contributed by atoms with E-state index in [1.165, 1.54) is 17.9 Å². The van der Waals surface area contributed by atoms with E-state index in [-0.39, 0.29) is 30.7 Å². The van der Waals surface area contributed by atoms with Gasteiger partial charge in [0, 0.05) is 25.6 Å². The zero-order chi connectivity index (χ0) is 20.5. The number of nitrogens with zero attached hydrogens (tertiary/aromatic N) is 1. The third kappa shape index (κ3) is 5.97. The Morgan fingerprint density at radius 1 is 1.07 bits per heavy atom. The lowest BCUT2D eigenvalue weighted by atomic mass is 10.1. The molecule has 0 aliphatic heterocycles. The van der Waals surface area contributed by atoms with Crippen molar-refractivity contribution in [3.63, 3.8) is 0 Å². The molecule has 0 aliphatic carbocycles. The molecule has 2 aromatic rings. The number of rotatable bonds is 9. The Labute approximate surface area is 164 Å². The fourth-order valence-electron chi connectivity index (χ4n) is 2.71. The highest BCUT2D eigenvalue weighted by atomic mass is 19.1. The minimum Gasteiger partial charge on any atom is -0.493 e. The highest BCUT2D eigenvalue weighted by Gasteiger charge is 2.14. The van der Waals surface area contributed by atoms with Crippen molar-refractivity contribution < 1.29 is 23.5 Å². The lowest BCUT2D eigenvalue weighted by molar-refractivity contribution is -0.134. The molecule has 150 valence electrons. The van der Waals surface area contributed by atoms with Crippen LogP contribution in [0.3, 0.4) is 0 Å². The van der Waals surface area contributed by atoms with E-state index in [0.29, 0.717) is 30.0 Å². The van der Waals surface area contributed by atoms with Crippen molar-refractivity contribution in [1.29, 1.82) is 0 Å². The van der Waals surface area contributed by atoms with Crippen molar-refractivity contribution in [2.24, 2.45) is 0 Å². The minimum absolute atomic E-state index is 0.0763. The summed E-state index contributed by atoms with van der Waals surface area (Å²) >= 11 is 0. The highest BCUT2D eigenvalue weighted by molar-refractivity contribution is 5.83. The van der Waals surface area contributed by atoms with Crippen LogP contribution in [-0.2, 0) is 22.6 Å². The van der Waals surface area contributed by atoms with Crippen LogP contribution in [0, 0.1) is 5.82 Å². The molecule has 2 aromatic carbocycles. The van der Waals surface area contributed by atoms with Crippen molar-refractivity contribution >= 4 is 11.8 Å². The van der Waals surface area contributed by atoms with Crippen LogP contribution in [0.25, 0.3) is 0 Å². The van der Waals surface area contributed by atoms with Crippen molar-refractivity contribution in [2.75, 3.05) is 27.3 Å². The zero-order valence-electron chi connectivity index (χ0n) is 16.3. The number of amides is 2. The van der Waals surface area contributed by atoms with E-state index in [0.717, 1.165) is 5.56 Å². The number of carbonyl (C=O) groups is 2. The average molecular weight is 388 g/mol. The number of methoxy groups -OCH3 is 2. The first-order valence-corrected chi connectivity index (χ1v) is 8.91. The summed E-state index contributed by atoms with van der Waals surface area (Å²) in [4.78, 5) is 25.5. The van der Waals surface area contributed by atoms with Crippen molar-refractivity contribution in [2.45, 2.75) is 19.9 Å². The smallest absolute Gasteiger partial charge is 0.239 e. The molecule has 7 heteroatoms. The summed E-state index contributed by atoms with van der Waals surface area (Å²) in [7, 11) is 3.12. The van der Waals surface area contributed by atoms with Gasteiger partial charge in [0.2, 0.25) is 11.8 Å². The summed E-state index contributed by atoms with van der Waals surface area (Å²) in [5, 5.41) is 2.65. The van der Waals surface area contributed by atoms with Gasteiger partial charge in [-0.3, -0.25) is 9.59 Å². The van der Waals surface area contributed by atoms with E-state index >= 15 is 0 Å². The summed E-state index contributed by atoms with van der Waals surface area (Å²) in [5.74, 6) is 0.311. The second-order valence-corrected chi connectivity index (χ2v) is 6.25. The number of benzene rings is 2. The van der Waals surface area contributed by atoms with Gasteiger partial charge in [0.15, 0.2) is 11.5 Å². The van der Waals surface area contributed by atoms with E-state index in [4.69, 9.17) is 9.47 Å². The van der Waals surface area contributed by atoms with Gasteiger partial charge in [-0.05, 0) is 30.2 Å². The van der Waals surface area contributed by atoms with Crippen LogP contribution in [0.15, 0.2) is 42.5 Å². The van der Waals surface area contributed by atoms with Gasteiger partial charge >= 0.3 is 0 Å². The number of hydrogen-bond donors (Lipinski definition) is 1. The maximum absolute atomic E-state index is 13.6. The lowest BCUT2D eigenvalue weighted by Crippen LogP contribution is -2.40. The number of hydrogen-bond acceptors (Lipinski definition) is 4. The summed E-state index contributed by atoms with van der Waals surface area (Å²) in [6.45, 7) is 1.78. The van der Waals surface area contributed by atoms with Gasteiger partial charge in [-0.15, -0.1) is 0 Å². The Hall–Kier alpha value is -3.09. The van der Waals surface area contributed by atoms with Crippen LogP contribution < -0.4 is 14.8 Å². The molecule has 0 aromatic heterocycles. The van der Waals surface area contributed by atoms with Gasteiger partial charge < -0.3 is 19.7 Å². The van der Waals surface area contributed by atoms with E-state index in [9.17, 15) is 14.0 Å². The maximum atomic E-state index is 13.6. The molecule has 0 unspecified atom stereocenters. The molecule has 0 saturated heterocycles. The second kappa shape index (κ2) is 10.3. The third-order valence-corrected chi connectivity index (χ3v) is 4.33. The molecule has 0 aliphatic rings. The topological polar surface area (TPSA) is 67.9 Å². The normalized spacial score (nSPS) is 10.3. The quantitative estimate of drug-likeness (QED) is 0.717. The Morgan fingerprint density at radius 2 is 1.79 bits per heavy atom. The van der Waals surface area contributed by atoms with Gasteiger partial charge in [-0.1, -0.05) is 24.3 Å². The first-order chi connectivity index (χ1) is 13.4. The third-order valence-electron chi connectivity index (χ3n) is 4.33. The van der Waals surface area contributed by atoms with E-state index in [2.05, 4.69) is 5.32 Å². The van der Waals surface area contributed by atoms with Gasteiger partial charge in [-0.25, -0.2) is 4.39 Å². The minimum atomic E-state index is -0.375. The van der Waals surface area contributed by atoms with Gasteiger partial charge in [0.05, 0.1) is 20.8 Å². The molecule has 0 fully saturated rings. The number of nitrogens with one attached hydrogen (secondary N) is 1. The largest absolute Gasteiger partial charge is 0.493 e. The van der Waals surface area contributed by atoms with E-state index in [1.807, 2.05) is 12.1 Å². The second-order valence-electron chi connectivity index (χ2n) is 6.25. The Morgan fingerprint density at radius 3 is 2.43 bits per heavy atom. The standard InChI is InChI=1S/C21H25FN2O4/c1-15(25)24(11-10-16-8-9-19(27-2)20(12-16)28-3)14-21(26)23-13-17-6-4-5-7-18(17)22/h4-9,12H,10-11,13-14H2,1-3H3,(H,23,26). The molecule has 0 atom stereocenters. The molecule has 1 N–H and O–H groups in total. The molecule has 28 heavy (non-hydrogen) atoms. The molecule has 0 radical (unpaired) electrons. The summed E-state index contributed by atoms with van der Waals surface area (Å²) in [6, 6.07) is 11.8. The Balaban J connectivity index is 1.91. The van der Waals surface area contributed by atoms with E-state index < -0.39 is 0 Å². The molecule has 0 saturated carbocycles. The van der Waals surface area contributed by atoms with Gasteiger partial charge in [0.1, 0.15) is 5.82 Å². The predicted octanol–water partition coefficient (Wildman–Crippen LogP) is 2.55. The van der Waals surface area contributed by atoms with Crippen LogP contribution in [0.1, 0.15) is 18.1 Å². The molecule has 2 amide bonds. The molecular weight excluding hydrogens is 363 g/mol. The summed E-state index contributed by atoms with van der Waals surface area (Å²) in [6.07, 6.45) is 0.556. The summed E-state index contributed by atoms with van der Waals surface area (Å²) < 4.78 is 24.1. The molecular formula is C21H25FN2O4. The number of ether oxygens (including phenoxy) is 2. The molecule has 0 spiro atoms. The number of carbonyl (C=O) groups excluding carboxylic acids is 2. The monoisotopic (exact) mass is 388 g/mol. The fraction of sp³-hybridized carbons (Fsp3) is 0.333. The molecule has 6 nitrogen and oxygen atoms in total. The van der Waals surface area contributed by atoms with Crippen molar-refractivity contribution in [3.8, 4) is 11.5 Å². The van der Waals surface area contributed by atoms with Crippen molar-refractivity contribution in [1.82, 2.24) is 10.2 Å². The zero-order valence-corrected chi connectivity index (χ0v) is 16.3. The lowest BCUT2D eigenvalue weighted by Gasteiger charge is -2.21. The maximum Gasteiger partial charge on any atom is 0.239 e. The molecule has 2 rings (SSSR count). The van der Waals surface area contributed by atoms with Crippen LogP contribution >= 0.6 is 0 Å². The molecule has 0 heterocycles. The van der Waals surface area contributed by atoms with Crippen LogP contribution in [0.2, 0.25) is 0 Å². The average Bonchev–Trinajstić information content (AvgIpc) is 2.69. The van der Waals surface area contributed by atoms with Gasteiger partial charge in [-0.2, -0.15) is 0 Å². The van der Waals surface area contributed by atoms with E-state index in [1.54, 1.807) is 38.5 Å². The predicted molar refractivity (Wildman–Crippen MR) is 104 cm³/mol. The molecule has 0 bridgehead atoms. The Kier molecular flexibility index (Phi) is 7.80. The van der Waals surface area contributed by atoms with Crippen LogP contribution in [0.4, 0.5) is 4.39 Å². The first kappa shape index (κ1) is 21.2. The van der Waals surface area contributed by atoms with Crippen molar-refractivity contribution in [3.05, 3.63) is 59.4 Å². The number of halogens is 1. The van der Waals surface area contributed by atoms with Crippen LogP contribution in [0.5, 0.6) is 11.5 Å². The van der Waals surface area contributed by atoms with Crippen LogP contribution in [-0.4, -0.2) is 44.0 Å².